The van der Waals surface area contributed by atoms with Crippen molar-refractivity contribution >= 4 is 44.2 Å². The molecule has 1 fully saturated rings. The molecule has 1 saturated carbocycles. The number of amides is 1. The van der Waals surface area contributed by atoms with E-state index in [0.29, 0.717) is 23.3 Å². The van der Waals surface area contributed by atoms with Gasteiger partial charge in [-0.15, -0.1) is 0 Å². The third kappa shape index (κ3) is 4.20. The molecule has 2 heterocycles. The number of carbonyl (C=O) groups is 1. The lowest BCUT2D eigenvalue weighted by molar-refractivity contribution is -0.125. The molecule has 27 heavy (non-hydrogen) atoms. The first-order valence-electron chi connectivity index (χ1n) is 8.96. The quantitative estimate of drug-likeness (QED) is 0.658. The molecule has 1 unspecified atom stereocenters. The Morgan fingerprint density at radius 3 is 2.81 bits per heavy atom. The van der Waals surface area contributed by atoms with Gasteiger partial charge < -0.3 is 10.6 Å². The number of benzene rings is 1. The van der Waals surface area contributed by atoms with E-state index in [9.17, 15) is 4.79 Å². The fourth-order valence-electron chi connectivity index (χ4n) is 3.18. The van der Waals surface area contributed by atoms with Crippen molar-refractivity contribution in [3.05, 3.63) is 47.5 Å². The Labute approximate surface area is 166 Å². The van der Waals surface area contributed by atoms with Crippen molar-refractivity contribution in [3.63, 3.8) is 0 Å². The number of para-hydroxylation sites is 1. The number of halogens is 1. The van der Waals surface area contributed by atoms with Crippen LogP contribution in [0, 0.1) is 5.92 Å². The molecule has 2 N–H and O–H groups in total. The highest BCUT2D eigenvalue weighted by atomic mass is 35.5. The van der Waals surface area contributed by atoms with Crippen LogP contribution in [0.15, 0.2) is 36.7 Å². The largest absolute Gasteiger partial charge is 0.359 e. The summed E-state index contributed by atoms with van der Waals surface area (Å²) in [7, 11) is 0. The van der Waals surface area contributed by atoms with Crippen LogP contribution in [0.2, 0.25) is 5.15 Å². The van der Waals surface area contributed by atoms with Crippen molar-refractivity contribution in [1.29, 1.82) is 0 Å². The van der Waals surface area contributed by atoms with Gasteiger partial charge in [-0.3, -0.25) is 9.78 Å². The summed E-state index contributed by atoms with van der Waals surface area (Å²) in [6, 6.07) is 8.66. The number of fused-ring (bicyclic) bond motifs is 1. The van der Waals surface area contributed by atoms with Crippen LogP contribution in [-0.2, 0) is 11.2 Å². The maximum atomic E-state index is 12.4. The number of carbonyl (C=O) groups excluding carboxylic acids is 1. The van der Waals surface area contributed by atoms with Crippen LogP contribution in [0.4, 0.5) is 5.13 Å². The van der Waals surface area contributed by atoms with E-state index >= 15 is 0 Å². The van der Waals surface area contributed by atoms with Crippen LogP contribution >= 0.6 is 22.9 Å². The van der Waals surface area contributed by atoms with Crippen molar-refractivity contribution in [2.45, 2.75) is 38.3 Å². The molecule has 2 aromatic heterocycles. The molecule has 8 heteroatoms. The molecule has 6 nitrogen and oxygen atoms in total. The van der Waals surface area contributed by atoms with Gasteiger partial charge in [-0.1, -0.05) is 42.0 Å². The first-order valence-corrected chi connectivity index (χ1v) is 10.2. The summed E-state index contributed by atoms with van der Waals surface area (Å²) in [6.07, 6.45) is 5.43. The Morgan fingerprint density at radius 2 is 2.04 bits per heavy atom. The predicted molar refractivity (Wildman–Crippen MR) is 108 cm³/mol. The van der Waals surface area contributed by atoms with E-state index in [1.165, 1.54) is 4.70 Å². The zero-order valence-corrected chi connectivity index (χ0v) is 16.4. The minimum Gasteiger partial charge on any atom is -0.359 e. The average Bonchev–Trinajstić information content (AvgIpc) is 3.04. The number of rotatable bonds is 6. The van der Waals surface area contributed by atoms with Gasteiger partial charge in [0.15, 0.2) is 5.13 Å². The van der Waals surface area contributed by atoms with E-state index in [1.54, 1.807) is 23.7 Å². The monoisotopic (exact) mass is 401 g/mol. The highest BCUT2D eigenvalue weighted by Crippen LogP contribution is 2.30. The summed E-state index contributed by atoms with van der Waals surface area (Å²) in [5.41, 5.74) is 1.68. The summed E-state index contributed by atoms with van der Waals surface area (Å²) in [5.74, 6) is -0.171. The second-order valence-corrected chi connectivity index (χ2v) is 8.29. The first-order chi connectivity index (χ1) is 13.1. The SMILES string of the molecule is CC(Cc1nccnc1Cl)C(=O)NC1CC(Nc2nc3ccccc3s2)C1. The highest BCUT2D eigenvalue weighted by molar-refractivity contribution is 7.22. The second-order valence-electron chi connectivity index (χ2n) is 6.90. The Morgan fingerprint density at radius 1 is 1.26 bits per heavy atom. The lowest BCUT2D eigenvalue weighted by Crippen LogP contribution is -2.51. The lowest BCUT2D eigenvalue weighted by Gasteiger charge is -2.36. The van der Waals surface area contributed by atoms with Crippen LogP contribution in [0.5, 0.6) is 0 Å². The van der Waals surface area contributed by atoms with Crippen LogP contribution < -0.4 is 10.6 Å². The Balaban J connectivity index is 1.24. The number of hydrogen-bond donors (Lipinski definition) is 2. The zero-order valence-electron chi connectivity index (χ0n) is 14.9. The number of aromatic nitrogens is 3. The van der Waals surface area contributed by atoms with E-state index in [4.69, 9.17) is 11.6 Å². The summed E-state index contributed by atoms with van der Waals surface area (Å²) in [4.78, 5) is 25.2. The molecular formula is C19H20ClN5OS. The van der Waals surface area contributed by atoms with E-state index in [0.717, 1.165) is 23.5 Å². The molecule has 1 aliphatic rings. The molecule has 0 aliphatic heterocycles. The first kappa shape index (κ1) is 18.1. The molecule has 1 atom stereocenters. The van der Waals surface area contributed by atoms with Crippen molar-refractivity contribution in [2.75, 3.05) is 5.32 Å². The maximum Gasteiger partial charge on any atom is 0.223 e. The third-order valence-corrected chi connectivity index (χ3v) is 6.06. The maximum absolute atomic E-state index is 12.4. The Hall–Kier alpha value is -2.25. The molecule has 0 saturated heterocycles. The van der Waals surface area contributed by atoms with Crippen molar-refractivity contribution in [2.24, 2.45) is 5.92 Å². The summed E-state index contributed by atoms with van der Waals surface area (Å²) >= 11 is 7.69. The second kappa shape index (κ2) is 7.78. The summed E-state index contributed by atoms with van der Waals surface area (Å²) < 4.78 is 1.18. The van der Waals surface area contributed by atoms with Crippen molar-refractivity contribution in [1.82, 2.24) is 20.3 Å². The molecule has 1 aromatic carbocycles. The van der Waals surface area contributed by atoms with Crippen LogP contribution in [0.3, 0.4) is 0 Å². The Bertz CT molecular complexity index is 923. The van der Waals surface area contributed by atoms with Gasteiger partial charge >= 0.3 is 0 Å². The number of thiazole rings is 1. The number of nitrogens with zero attached hydrogens (tertiary/aromatic N) is 3. The molecule has 4 rings (SSSR count). The number of nitrogens with one attached hydrogen (secondary N) is 2. The Kier molecular flexibility index (Phi) is 5.22. The standard InChI is InChI=1S/C19H20ClN5OS/c1-11(8-15-17(20)22-7-6-21-15)18(26)23-12-9-13(10-12)24-19-25-14-4-2-3-5-16(14)27-19/h2-7,11-13H,8-10H2,1H3,(H,23,26)(H,24,25). The molecule has 0 spiro atoms. The van der Waals surface area contributed by atoms with Crippen LogP contribution in [0.25, 0.3) is 10.2 Å². The van der Waals surface area contributed by atoms with Gasteiger partial charge in [-0.05, 0) is 25.0 Å². The van der Waals surface area contributed by atoms with E-state index in [2.05, 4.69) is 31.7 Å². The lowest BCUT2D eigenvalue weighted by atomic mass is 9.86. The van der Waals surface area contributed by atoms with Gasteiger partial charge in [-0.2, -0.15) is 0 Å². The van der Waals surface area contributed by atoms with Crippen molar-refractivity contribution in [3.8, 4) is 0 Å². The summed E-state index contributed by atoms with van der Waals surface area (Å²) in [6.45, 7) is 1.88. The third-order valence-electron chi connectivity index (χ3n) is 4.78. The molecule has 0 bridgehead atoms. The van der Waals surface area contributed by atoms with Gasteiger partial charge in [0.25, 0.3) is 0 Å². The van der Waals surface area contributed by atoms with E-state index in [1.807, 2.05) is 25.1 Å². The molecule has 140 valence electrons. The van der Waals surface area contributed by atoms with Gasteiger partial charge in [0.1, 0.15) is 5.15 Å². The van der Waals surface area contributed by atoms with Gasteiger partial charge in [-0.25, -0.2) is 9.97 Å². The normalized spacial score (nSPS) is 20.1. The minimum atomic E-state index is -0.199. The van der Waals surface area contributed by atoms with Crippen LogP contribution in [0.1, 0.15) is 25.5 Å². The topological polar surface area (TPSA) is 79.8 Å². The van der Waals surface area contributed by atoms with E-state index < -0.39 is 0 Å². The molecular weight excluding hydrogens is 382 g/mol. The number of anilines is 1. The predicted octanol–water partition coefficient (Wildman–Crippen LogP) is 3.68. The molecule has 1 amide bonds. The molecule has 1 aliphatic carbocycles. The average molecular weight is 402 g/mol. The highest BCUT2D eigenvalue weighted by Gasteiger charge is 2.32. The van der Waals surface area contributed by atoms with Gasteiger partial charge in [0, 0.05) is 36.8 Å². The smallest absolute Gasteiger partial charge is 0.223 e. The minimum absolute atomic E-state index is 0.0279. The molecule has 3 aromatic rings. The fourth-order valence-corrected chi connectivity index (χ4v) is 4.30. The van der Waals surface area contributed by atoms with E-state index in [-0.39, 0.29) is 17.9 Å². The fraction of sp³-hybridized carbons (Fsp3) is 0.368. The number of hydrogen-bond acceptors (Lipinski definition) is 6. The van der Waals surface area contributed by atoms with Gasteiger partial charge in [0.05, 0.1) is 15.9 Å². The van der Waals surface area contributed by atoms with Gasteiger partial charge in [0.2, 0.25) is 5.91 Å². The molecule has 0 radical (unpaired) electrons. The van der Waals surface area contributed by atoms with Crippen molar-refractivity contribution < 1.29 is 4.79 Å². The summed E-state index contributed by atoms with van der Waals surface area (Å²) in [5, 5.41) is 7.88. The zero-order chi connectivity index (χ0) is 18.8. The van der Waals surface area contributed by atoms with Crippen LogP contribution in [-0.4, -0.2) is 32.9 Å².